The van der Waals surface area contributed by atoms with Crippen molar-refractivity contribution < 1.29 is 22.7 Å². The van der Waals surface area contributed by atoms with Gasteiger partial charge < -0.3 is 0 Å². The Labute approximate surface area is 119 Å². The van der Waals surface area contributed by atoms with E-state index >= 15 is 0 Å². The van der Waals surface area contributed by atoms with Gasteiger partial charge in [0.15, 0.2) is 10.7 Å². The van der Waals surface area contributed by atoms with E-state index in [1.54, 1.807) is 18.2 Å². The number of carbonyl (C=O) groups is 1. The molecule has 0 heterocycles. The number of para-hydroxylation sites is 1. The molecule has 0 radical (unpaired) electrons. The summed E-state index contributed by atoms with van der Waals surface area (Å²) >= 11 is 0. The number of hydrogen-bond acceptors (Lipinski definition) is 5. The number of nitro benzene ring substituents is 1. The lowest BCUT2D eigenvalue weighted by Crippen LogP contribution is -2.10. The van der Waals surface area contributed by atoms with Crippen molar-refractivity contribution in [2.75, 3.05) is 0 Å². The average Bonchev–Trinajstić information content (AvgIpc) is 2.45. The second-order valence-electron chi connectivity index (χ2n) is 4.08. The zero-order valence-corrected chi connectivity index (χ0v) is 11.3. The van der Waals surface area contributed by atoms with Gasteiger partial charge in [0.2, 0.25) is 0 Å². The van der Waals surface area contributed by atoms with Gasteiger partial charge in [-0.2, -0.15) is 8.42 Å². The minimum absolute atomic E-state index is 0.174. The Morgan fingerprint density at radius 1 is 1.05 bits per heavy atom. The van der Waals surface area contributed by atoms with Crippen molar-refractivity contribution in [2.24, 2.45) is 0 Å². The molecule has 2 aromatic rings. The molecule has 0 fully saturated rings. The van der Waals surface area contributed by atoms with E-state index in [0.717, 1.165) is 18.2 Å². The van der Waals surface area contributed by atoms with Gasteiger partial charge in [0.1, 0.15) is 5.56 Å². The fraction of sp³-hybridized carbons (Fsp3) is 0. The summed E-state index contributed by atoms with van der Waals surface area (Å²) in [6.07, 6.45) is 0. The summed E-state index contributed by atoms with van der Waals surface area (Å²) < 4.78 is 31.5. The van der Waals surface area contributed by atoms with Crippen LogP contribution in [-0.2, 0) is 10.1 Å². The quantitative estimate of drug-likeness (QED) is 0.400. The van der Waals surface area contributed by atoms with Crippen molar-refractivity contribution in [3.05, 3.63) is 69.8 Å². The maximum Gasteiger partial charge on any atom is 0.301 e. The Morgan fingerprint density at radius 3 is 2.19 bits per heavy atom. The van der Waals surface area contributed by atoms with E-state index in [0.29, 0.717) is 0 Å². The Kier molecular flexibility index (Phi) is 3.83. The molecule has 1 N–H and O–H groups in total. The first-order valence-electron chi connectivity index (χ1n) is 5.67. The molecule has 7 nitrogen and oxygen atoms in total. The van der Waals surface area contributed by atoms with Crippen molar-refractivity contribution in [1.82, 2.24) is 0 Å². The van der Waals surface area contributed by atoms with Gasteiger partial charge in [-0.15, -0.1) is 0 Å². The molecule has 21 heavy (non-hydrogen) atoms. The lowest BCUT2D eigenvalue weighted by Gasteiger charge is -2.05. The highest BCUT2D eigenvalue weighted by atomic mass is 32.2. The number of nitro groups is 1. The average molecular weight is 307 g/mol. The highest BCUT2D eigenvalue weighted by Crippen LogP contribution is 2.29. The van der Waals surface area contributed by atoms with Crippen molar-refractivity contribution >= 4 is 21.6 Å². The maximum atomic E-state index is 12.3. The van der Waals surface area contributed by atoms with Crippen LogP contribution in [0.4, 0.5) is 5.69 Å². The van der Waals surface area contributed by atoms with E-state index in [9.17, 15) is 23.3 Å². The SMILES string of the molecule is O=C(c1ccccc1)c1cccc(S(=O)(=O)O)c1[N+](=O)[O-]. The van der Waals surface area contributed by atoms with Crippen LogP contribution in [0.3, 0.4) is 0 Å². The smallest absolute Gasteiger partial charge is 0.288 e. The third-order valence-electron chi connectivity index (χ3n) is 2.74. The van der Waals surface area contributed by atoms with Crippen LogP contribution in [0, 0.1) is 10.1 Å². The number of nitrogens with zero attached hydrogens (tertiary/aromatic N) is 1. The van der Waals surface area contributed by atoms with Crippen LogP contribution in [-0.4, -0.2) is 23.7 Å². The summed E-state index contributed by atoms with van der Waals surface area (Å²) in [5, 5.41) is 11.1. The number of carbonyl (C=O) groups excluding carboxylic acids is 1. The minimum atomic E-state index is -4.81. The topological polar surface area (TPSA) is 115 Å². The van der Waals surface area contributed by atoms with Crippen LogP contribution in [0.1, 0.15) is 15.9 Å². The fourth-order valence-corrected chi connectivity index (χ4v) is 2.53. The van der Waals surface area contributed by atoms with Crippen LogP contribution in [0.2, 0.25) is 0 Å². The second kappa shape index (κ2) is 5.43. The summed E-state index contributed by atoms with van der Waals surface area (Å²) in [5.74, 6) is -0.701. The molecule has 0 aliphatic rings. The van der Waals surface area contributed by atoms with Gasteiger partial charge in [-0.1, -0.05) is 36.4 Å². The Morgan fingerprint density at radius 2 is 1.67 bits per heavy atom. The molecule has 2 aromatic carbocycles. The molecule has 0 aliphatic heterocycles. The van der Waals surface area contributed by atoms with Crippen molar-refractivity contribution in [2.45, 2.75) is 4.90 Å². The van der Waals surface area contributed by atoms with E-state index in [2.05, 4.69) is 0 Å². The molecule has 0 bridgehead atoms. The molecule has 0 saturated heterocycles. The zero-order chi connectivity index (χ0) is 15.6. The van der Waals surface area contributed by atoms with Crippen molar-refractivity contribution in [3.63, 3.8) is 0 Å². The number of ketones is 1. The molecule has 0 unspecified atom stereocenters. The van der Waals surface area contributed by atoms with Gasteiger partial charge >= 0.3 is 15.8 Å². The number of rotatable bonds is 4. The van der Waals surface area contributed by atoms with Crippen LogP contribution in [0.25, 0.3) is 0 Å². The van der Waals surface area contributed by atoms with E-state index in [4.69, 9.17) is 4.55 Å². The van der Waals surface area contributed by atoms with Crippen LogP contribution in [0.15, 0.2) is 53.4 Å². The maximum absolute atomic E-state index is 12.3. The Balaban J connectivity index is 2.71. The second-order valence-corrected chi connectivity index (χ2v) is 5.47. The molecule has 0 amide bonds. The zero-order valence-electron chi connectivity index (χ0n) is 10.5. The van der Waals surface area contributed by atoms with Gasteiger partial charge in [0.25, 0.3) is 0 Å². The monoisotopic (exact) mass is 307 g/mol. The molecule has 0 spiro atoms. The molecule has 0 atom stereocenters. The number of benzene rings is 2. The van der Waals surface area contributed by atoms with Gasteiger partial charge in [-0.05, 0) is 12.1 Å². The van der Waals surface area contributed by atoms with Crippen LogP contribution in [0.5, 0.6) is 0 Å². The molecule has 0 aromatic heterocycles. The van der Waals surface area contributed by atoms with E-state index in [1.165, 1.54) is 12.1 Å². The van der Waals surface area contributed by atoms with Gasteiger partial charge in [0, 0.05) is 5.56 Å². The lowest BCUT2D eigenvalue weighted by molar-refractivity contribution is -0.388. The molecule has 0 saturated carbocycles. The molecular weight excluding hydrogens is 298 g/mol. The third-order valence-corrected chi connectivity index (χ3v) is 3.63. The summed E-state index contributed by atoms with van der Waals surface area (Å²) in [6.45, 7) is 0. The van der Waals surface area contributed by atoms with Crippen LogP contribution >= 0.6 is 0 Å². The largest absolute Gasteiger partial charge is 0.301 e. The Hall–Kier alpha value is -2.58. The highest BCUT2D eigenvalue weighted by Gasteiger charge is 2.30. The predicted octanol–water partition coefficient (Wildman–Crippen LogP) is 2.07. The normalized spacial score (nSPS) is 11.1. The first kappa shape index (κ1) is 14.8. The molecular formula is C13H9NO6S. The Bertz CT molecular complexity index is 814. The van der Waals surface area contributed by atoms with Gasteiger partial charge in [0.05, 0.1) is 4.92 Å². The van der Waals surface area contributed by atoms with E-state index in [1.807, 2.05) is 0 Å². The summed E-state index contributed by atoms with van der Waals surface area (Å²) in [5.41, 5.74) is -1.16. The number of hydrogen-bond donors (Lipinski definition) is 1. The highest BCUT2D eigenvalue weighted by molar-refractivity contribution is 7.86. The van der Waals surface area contributed by atoms with Crippen molar-refractivity contribution in [3.8, 4) is 0 Å². The summed E-state index contributed by atoms with van der Waals surface area (Å²) in [6, 6.07) is 10.9. The van der Waals surface area contributed by atoms with Crippen LogP contribution < -0.4 is 0 Å². The first-order valence-corrected chi connectivity index (χ1v) is 7.11. The lowest BCUT2D eigenvalue weighted by atomic mass is 10.0. The van der Waals surface area contributed by atoms with Gasteiger partial charge in [-0.25, -0.2) is 0 Å². The van der Waals surface area contributed by atoms with E-state index in [-0.39, 0.29) is 5.56 Å². The molecule has 108 valence electrons. The summed E-state index contributed by atoms with van der Waals surface area (Å²) in [7, 11) is -4.81. The fourth-order valence-electron chi connectivity index (χ4n) is 1.85. The van der Waals surface area contributed by atoms with Gasteiger partial charge in [-0.3, -0.25) is 19.5 Å². The third kappa shape index (κ3) is 2.96. The van der Waals surface area contributed by atoms with E-state index < -0.39 is 37.0 Å². The summed E-state index contributed by atoms with van der Waals surface area (Å²) in [4.78, 5) is 21.5. The first-order chi connectivity index (χ1) is 9.82. The molecule has 8 heteroatoms. The minimum Gasteiger partial charge on any atom is -0.288 e. The molecule has 2 rings (SSSR count). The van der Waals surface area contributed by atoms with Crippen molar-refractivity contribution in [1.29, 1.82) is 0 Å². The standard InChI is InChI=1S/C13H9NO6S/c15-13(9-5-2-1-3-6-9)10-7-4-8-11(21(18,19)20)12(10)14(16)17/h1-8H,(H,18,19,20). The predicted molar refractivity (Wildman–Crippen MR) is 72.8 cm³/mol. The molecule has 0 aliphatic carbocycles.